The number of carbonyl (C=O) groups excluding carboxylic acids is 1. The number of hydrogen-bond acceptors (Lipinski definition) is 3. The highest BCUT2D eigenvalue weighted by atomic mass is 79.9. The van der Waals surface area contributed by atoms with E-state index in [9.17, 15) is 4.79 Å². The fourth-order valence-electron chi connectivity index (χ4n) is 1.96. The minimum Gasteiger partial charge on any atom is -0.487 e. The van der Waals surface area contributed by atoms with Crippen molar-refractivity contribution in [1.29, 1.82) is 0 Å². The topological polar surface area (TPSA) is 50.4 Å². The van der Waals surface area contributed by atoms with Crippen LogP contribution in [0.5, 0.6) is 5.75 Å². The molecule has 0 heterocycles. The van der Waals surface area contributed by atoms with Crippen LogP contribution in [0.3, 0.4) is 0 Å². The molecule has 0 aliphatic heterocycles. The molecule has 0 bridgehead atoms. The molecule has 0 radical (unpaired) electrons. The standard InChI is InChI=1S/C19H19BrN2O2S/c1-12(2)11-24-17-7-5-4-6-16(17)21-19(25)22-18(23)14-9-8-13(3)15(20)10-14/h4-10H,1,11H2,2-3H3,(H2,21,22,23,25). The SMILES string of the molecule is C=C(C)COc1ccccc1NC(=S)NC(=O)c1ccc(C)c(Br)c1. The van der Waals surface area contributed by atoms with Gasteiger partial charge in [0.15, 0.2) is 5.11 Å². The van der Waals surface area contributed by atoms with Crippen molar-refractivity contribution in [2.75, 3.05) is 11.9 Å². The highest BCUT2D eigenvalue weighted by Gasteiger charge is 2.11. The van der Waals surface area contributed by atoms with Crippen LogP contribution in [0.15, 0.2) is 59.1 Å². The normalized spacial score (nSPS) is 10.0. The van der Waals surface area contributed by atoms with E-state index in [1.807, 2.05) is 44.2 Å². The summed E-state index contributed by atoms with van der Waals surface area (Å²) in [4.78, 5) is 12.3. The predicted octanol–water partition coefficient (Wildman–Crippen LogP) is 4.84. The fourth-order valence-corrected chi connectivity index (χ4v) is 2.54. The Morgan fingerprint density at radius 1 is 1.28 bits per heavy atom. The number of carbonyl (C=O) groups is 1. The Morgan fingerprint density at radius 3 is 2.68 bits per heavy atom. The molecule has 0 aliphatic rings. The number of hydrogen-bond donors (Lipinski definition) is 2. The lowest BCUT2D eigenvalue weighted by Gasteiger charge is -2.14. The fraction of sp³-hybridized carbons (Fsp3) is 0.158. The average molecular weight is 419 g/mol. The third kappa shape index (κ3) is 5.69. The monoisotopic (exact) mass is 418 g/mol. The molecule has 2 N–H and O–H groups in total. The maximum Gasteiger partial charge on any atom is 0.257 e. The number of benzene rings is 2. The van der Waals surface area contributed by atoms with Gasteiger partial charge >= 0.3 is 0 Å². The molecule has 2 aromatic rings. The molecule has 0 unspecified atom stereocenters. The van der Waals surface area contributed by atoms with Crippen LogP contribution in [-0.4, -0.2) is 17.6 Å². The molecule has 130 valence electrons. The summed E-state index contributed by atoms with van der Waals surface area (Å²) in [6.07, 6.45) is 0. The van der Waals surface area contributed by atoms with E-state index in [4.69, 9.17) is 17.0 Å². The Bertz CT molecular complexity index is 821. The van der Waals surface area contributed by atoms with Crippen molar-refractivity contribution in [2.45, 2.75) is 13.8 Å². The number of halogens is 1. The quantitative estimate of drug-likeness (QED) is 0.538. The van der Waals surface area contributed by atoms with Crippen LogP contribution in [0.4, 0.5) is 5.69 Å². The van der Waals surface area contributed by atoms with Crippen molar-refractivity contribution in [2.24, 2.45) is 0 Å². The Labute approximate surface area is 161 Å². The molecule has 0 aliphatic carbocycles. The minimum atomic E-state index is -0.279. The second-order valence-electron chi connectivity index (χ2n) is 5.61. The molecule has 0 saturated heterocycles. The number of thiocarbonyl (C=S) groups is 1. The van der Waals surface area contributed by atoms with Crippen molar-refractivity contribution in [3.63, 3.8) is 0 Å². The van der Waals surface area contributed by atoms with Crippen LogP contribution in [0, 0.1) is 6.92 Å². The molecule has 2 aromatic carbocycles. The predicted molar refractivity (Wildman–Crippen MR) is 109 cm³/mol. The van der Waals surface area contributed by atoms with Gasteiger partial charge in [0.05, 0.1) is 5.69 Å². The van der Waals surface area contributed by atoms with Gasteiger partial charge in [-0.25, -0.2) is 0 Å². The second kappa shape index (κ2) is 8.78. The van der Waals surface area contributed by atoms with Crippen molar-refractivity contribution in [3.8, 4) is 5.75 Å². The lowest BCUT2D eigenvalue weighted by atomic mass is 10.1. The van der Waals surface area contributed by atoms with E-state index in [2.05, 4.69) is 33.1 Å². The van der Waals surface area contributed by atoms with Gasteiger partial charge < -0.3 is 10.1 Å². The number of rotatable bonds is 5. The summed E-state index contributed by atoms with van der Waals surface area (Å²) < 4.78 is 6.55. The van der Waals surface area contributed by atoms with Gasteiger partial charge in [-0.1, -0.05) is 40.7 Å². The van der Waals surface area contributed by atoms with E-state index >= 15 is 0 Å². The lowest BCUT2D eigenvalue weighted by molar-refractivity contribution is 0.0977. The highest BCUT2D eigenvalue weighted by Crippen LogP contribution is 2.24. The Kier molecular flexibility index (Phi) is 6.73. The molecule has 0 fully saturated rings. The van der Waals surface area contributed by atoms with Crippen molar-refractivity contribution < 1.29 is 9.53 Å². The zero-order valence-corrected chi connectivity index (χ0v) is 16.5. The molecule has 2 rings (SSSR count). The molecular formula is C19H19BrN2O2S. The van der Waals surface area contributed by atoms with Crippen LogP contribution in [-0.2, 0) is 0 Å². The van der Waals surface area contributed by atoms with E-state index in [-0.39, 0.29) is 11.0 Å². The summed E-state index contributed by atoms with van der Waals surface area (Å²) in [5, 5.41) is 5.87. The third-order valence-corrected chi connectivity index (χ3v) is 4.33. The van der Waals surface area contributed by atoms with E-state index in [1.54, 1.807) is 12.1 Å². The summed E-state index contributed by atoms with van der Waals surface area (Å²) in [6, 6.07) is 12.8. The first-order valence-electron chi connectivity index (χ1n) is 7.61. The van der Waals surface area contributed by atoms with E-state index in [0.717, 1.165) is 15.6 Å². The van der Waals surface area contributed by atoms with Crippen LogP contribution in [0.2, 0.25) is 0 Å². The summed E-state index contributed by atoms with van der Waals surface area (Å²) >= 11 is 8.66. The van der Waals surface area contributed by atoms with Crippen LogP contribution >= 0.6 is 28.1 Å². The lowest BCUT2D eigenvalue weighted by Crippen LogP contribution is -2.34. The van der Waals surface area contributed by atoms with Crippen molar-refractivity contribution in [1.82, 2.24) is 5.32 Å². The minimum absolute atomic E-state index is 0.202. The summed E-state index contributed by atoms with van der Waals surface area (Å²) in [5.74, 6) is 0.360. The number of aryl methyl sites for hydroxylation is 1. The largest absolute Gasteiger partial charge is 0.487 e. The smallest absolute Gasteiger partial charge is 0.257 e. The molecule has 4 nitrogen and oxygen atoms in total. The third-order valence-electron chi connectivity index (χ3n) is 3.27. The highest BCUT2D eigenvalue weighted by molar-refractivity contribution is 9.10. The van der Waals surface area contributed by atoms with Gasteiger partial charge in [0, 0.05) is 10.0 Å². The van der Waals surface area contributed by atoms with Gasteiger partial charge in [0.2, 0.25) is 0 Å². The molecule has 1 amide bonds. The van der Waals surface area contributed by atoms with E-state index in [0.29, 0.717) is 23.6 Å². The van der Waals surface area contributed by atoms with Crippen LogP contribution in [0.25, 0.3) is 0 Å². The first-order chi connectivity index (χ1) is 11.9. The molecule has 0 aromatic heterocycles. The number of nitrogens with one attached hydrogen (secondary N) is 2. The number of para-hydroxylation sites is 2. The first-order valence-corrected chi connectivity index (χ1v) is 8.81. The zero-order chi connectivity index (χ0) is 18.4. The number of ether oxygens (including phenoxy) is 1. The van der Waals surface area contributed by atoms with E-state index < -0.39 is 0 Å². The number of amides is 1. The van der Waals surface area contributed by atoms with Crippen molar-refractivity contribution >= 4 is 44.9 Å². The first kappa shape index (κ1) is 19.1. The Hall–Kier alpha value is -2.18. The van der Waals surface area contributed by atoms with Crippen LogP contribution < -0.4 is 15.4 Å². The molecule has 25 heavy (non-hydrogen) atoms. The number of anilines is 1. The second-order valence-corrected chi connectivity index (χ2v) is 6.88. The van der Waals surface area contributed by atoms with Gasteiger partial charge in [-0.05, 0) is 61.5 Å². The Morgan fingerprint density at radius 2 is 2.00 bits per heavy atom. The molecule has 6 heteroatoms. The van der Waals surface area contributed by atoms with Gasteiger partial charge in [-0.3, -0.25) is 10.1 Å². The average Bonchev–Trinajstić information content (AvgIpc) is 2.56. The molecule has 0 atom stereocenters. The summed E-state index contributed by atoms with van der Waals surface area (Å²) in [7, 11) is 0. The van der Waals surface area contributed by atoms with Gasteiger partial charge in [0.25, 0.3) is 5.91 Å². The maximum atomic E-state index is 12.3. The van der Waals surface area contributed by atoms with Gasteiger partial charge in [0.1, 0.15) is 12.4 Å². The molecular weight excluding hydrogens is 400 g/mol. The molecule has 0 spiro atoms. The van der Waals surface area contributed by atoms with Gasteiger partial charge in [-0.2, -0.15) is 0 Å². The summed E-state index contributed by atoms with van der Waals surface area (Å²) in [6.45, 7) is 8.07. The zero-order valence-electron chi connectivity index (χ0n) is 14.1. The summed E-state index contributed by atoms with van der Waals surface area (Å²) in [5.41, 5.74) is 3.17. The Balaban J connectivity index is 2.03. The van der Waals surface area contributed by atoms with Crippen LogP contribution in [0.1, 0.15) is 22.8 Å². The van der Waals surface area contributed by atoms with Gasteiger partial charge in [-0.15, -0.1) is 0 Å². The maximum absolute atomic E-state index is 12.3. The van der Waals surface area contributed by atoms with Crippen molar-refractivity contribution in [3.05, 3.63) is 70.2 Å². The molecule has 0 saturated carbocycles. The van der Waals surface area contributed by atoms with E-state index in [1.165, 1.54) is 0 Å².